The molecular weight excluding hydrogens is 354 g/mol. The van der Waals surface area contributed by atoms with E-state index in [0.717, 1.165) is 35.3 Å². The highest BCUT2D eigenvalue weighted by Gasteiger charge is 2.05. The Hall–Kier alpha value is -3.28. The summed E-state index contributed by atoms with van der Waals surface area (Å²) in [4.78, 5) is 19.9. The minimum atomic E-state index is -0.126. The van der Waals surface area contributed by atoms with Crippen LogP contribution in [-0.4, -0.2) is 36.1 Å². The number of aromatic nitrogens is 2. The lowest BCUT2D eigenvalue weighted by Crippen LogP contribution is -2.22. The molecule has 0 saturated carbocycles. The maximum atomic E-state index is 12.0. The van der Waals surface area contributed by atoms with E-state index >= 15 is 0 Å². The third-order valence-corrected chi connectivity index (χ3v) is 4.24. The first-order chi connectivity index (χ1) is 13.7. The van der Waals surface area contributed by atoms with Crippen LogP contribution in [0.25, 0.3) is 17.1 Å². The van der Waals surface area contributed by atoms with Crippen molar-refractivity contribution in [3.63, 3.8) is 0 Å². The van der Waals surface area contributed by atoms with Gasteiger partial charge in [0.05, 0.1) is 24.8 Å². The fourth-order valence-corrected chi connectivity index (χ4v) is 2.89. The zero-order valence-electron chi connectivity index (χ0n) is 16.2. The van der Waals surface area contributed by atoms with Crippen LogP contribution in [0, 0.1) is 0 Å². The van der Waals surface area contributed by atoms with E-state index in [0.29, 0.717) is 24.7 Å². The number of amides is 1. The smallest absolute Gasteiger partial charge is 0.243 e. The van der Waals surface area contributed by atoms with Crippen LogP contribution in [0.15, 0.2) is 48.5 Å². The molecule has 0 aliphatic rings. The van der Waals surface area contributed by atoms with Gasteiger partial charge < -0.3 is 19.8 Å². The Balaban J connectivity index is 1.46. The number of nitrogens with zero attached hydrogens (tertiary/aromatic N) is 1. The molecule has 2 N–H and O–H groups in total. The molecule has 0 unspecified atom stereocenters. The number of rotatable bonds is 9. The van der Waals surface area contributed by atoms with Crippen LogP contribution in [0.3, 0.4) is 0 Å². The van der Waals surface area contributed by atoms with E-state index in [1.807, 2.05) is 49.4 Å². The molecule has 0 saturated heterocycles. The van der Waals surface area contributed by atoms with Gasteiger partial charge in [-0.25, -0.2) is 4.98 Å². The lowest BCUT2D eigenvalue weighted by molar-refractivity contribution is -0.116. The van der Waals surface area contributed by atoms with E-state index < -0.39 is 0 Å². The molecule has 1 heterocycles. The molecule has 1 amide bonds. The van der Waals surface area contributed by atoms with Gasteiger partial charge in [-0.3, -0.25) is 4.79 Å². The molecule has 28 heavy (non-hydrogen) atoms. The highest BCUT2D eigenvalue weighted by molar-refractivity contribution is 5.91. The van der Waals surface area contributed by atoms with Crippen molar-refractivity contribution in [3.05, 3.63) is 59.9 Å². The Kier molecular flexibility index (Phi) is 6.68. The maximum Gasteiger partial charge on any atom is 0.243 e. The van der Waals surface area contributed by atoms with E-state index in [2.05, 4.69) is 15.3 Å². The number of imidazole rings is 1. The minimum Gasteiger partial charge on any atom is -0.493 e. The van der Waals surface area contributed by atoms with Crippen LogP contribution in [0.5, 0.6) is 11.5 Å². The molecule has 3 aromatic rings. The third kappa shape index (κ3) is 5.13. The number of carbonyl (C=O) groups excluding carboxylic acids is 1. The van der Waals surface area contributed by atoms with E-state index in [9.17, 15) is 4.79 Å². The number of hydrogen-bond donors (Lipinski definition) is 2. The topological polar surface area (TPSA) is 76.2 Å². The lowest BCUT2D eigenvalue weighted by atomic mass is 10.2. The number of methoxy groups -OCH3 is 1. The van der Waals surface area contributed by atoms with Crippen LogP contribution >= 0.6 is 0 Å². The molecule has 0 fully saturated rings. The summed E-state index contributed by atoms with van der Waals surface area (Å²) in [7, 11) is 1.60. The second-order valence-electron chi connectivity index (χ2n) is 6.27. The fraction of sp³-hybridized carbons (Fsp3) is 0.273. The molecule has 0 aliphatic carbocycles. The van der Waals surface area contributed by atoms with Gasteiger partial charge in [-0.15, -0.1) is 0 Å². The summed E-state index contributed by atoms with van der Waals surface area (Å²) in [5, 5.41) is 2.90. The zero-order chi connectivity index (χ0) is 19.8. The average molecular weight is 379 g/mol. The van der Waals surface area contributed by atoms with Crippen LogP contribution in [-0.2, 0) is 11.2 Å². The van der Waals surface area contributed by atoms with Crippen molar-refractivity contribution >= 4 is 23.0 Å². The molecule has 0 bridgehead atoms. The molecule has 0 atom stereocenters. The van der Waals surface area contributed by atoms with Crippen LogP contribution in [0.1, 0.15) is 24.7 Å². The van der Waals surface area contributed by atoms with Gasteiger partial charge in [0.25, 0.3) is 0 Å². The van der Waals surface area contributed by atoms with Gasteiger partial charge in [-0.2, -0.15) is 0 Å². The maximum absolute atomic E-state index is 12.0. The summed E-state index contributed by atoms with van der Waals surface area (Å²) in [6.45, 7) is 3.06. The van der Waals surface area contributed by atoms with Crippen molar-refractivity contribution in [1.29, 1.82) is 0 Å². The Bertz CT molecular complexity index is 930. The quantitative estimate of drug-likeness (QED) is 0.439. The number of ether oxygens (including phenoxy) is 2. The second kappa shape index (κ2) is 9.60. The van der Waals surface area contributed by atoms with Crippen LogP contribution < -0.4 is 14.8 Å². The Morgan fingerprint density at radius 3 is 2.86 bits per heavy atom. The normalized spacial score (nSPS) is 11.1. The first-order valence-electron chi connectivity index (χ1n) is 9.40. The standard InChI is InChI=1S/C22H25N3O3/c1-3-28-20-15-16(10-12-19(20)27-2)11-13-22(26)23-14-6-9-21-24-17-7-4-5-8-18(17)25-21/h4-5,7-8,10-13,15H,3,6,9,14H2,1-2H3,(H,23,26)(H,24,25)/b13-11+. The average Bonchev–Trinajstić information content (AvgIpc) is 3.13. The number of nitrogens with one attached hydrogen (secondary N) is 2. The number of carbonyl (C=O) groups is 1. The largest absolute Gasteiger partial charge is 0.493 e. The molecule has 1 aromatic heterocycles. The monoisotopic (exact) mass is 379 g/mol. The SMILES string of the molecule is CCOc1cc(/C=C/C(=O)NCCCc2nc3ccccc3[nH]2)ccc1OC. The van der Waals surface area contributed by atoms with E-state index in [1.54, 1.807) is 13.2 Å². The van der Waals surface area contributed by atoms with Gasteiger partial charge in [-0.1, -0.05) is 18.2 Å². The highest BCUT2D eigenvalue weighted by Crippen LogP contribution is 2.28. The van der Waals surface area contributed by atoms with Crippen molar-refractivity contribution in [1.82, 2.24) is 15.3 Å². The molecule has 2 aromatic carbocycles. The van der Waals surface area contributed by atoms with Crippen LogP contribution in [0.4, 0.5) is 0 Å². The summed E-state index contributed by atoms with van der Waals surface area (Å²) in [5.74, 6) is 2.15. The predicted molar refractivity (Wildman–Crippen MR) is 111 cm³/mol. The predicted octanol–water partition coefficient (Wildman–Crippen LogP) is 3.73. The van der Waals surface area contributed by atoms with Gasteiger partial charge in [0.15, 0.2) is 11.5 Å². The number of para-hydroxylation sites is 2. The highest BCUT2D eigenvalue weighted by atomic mass is 16.5. The number of fused-ring (bicyclic) bond motifs is 1. The second-order valence-corrected chi connectivity index (χ2v) is 6.27. The number of H-pyrrole nitrogens is 1. The molecule has 6 nitrogen and oxygen atoms in total. The number of aryl methyl sites for hydroxylation is 1. The Labute approximate surface area is 164 Å². The van der Waals surface area contributed by atoms with E-state index in [-0.39, 0.29) is 5.91 Å². The van der Waals surface area contributed by atoms with Gasteiger partial charge in [0.2, 0.25) is 5.91 Å². The van der Waals surface area contributed by atoms with Gasteiger partial charge in [0, 0.05) is 19.0 Å². The van der Waals surface area contributed by atoms with E-state index in [1.165, 1.54) is 6.08 Å². The Morgan fingerprint density at radius 1 is 1.21 bits per heavy atom. The summed E-state index contributed by atoms with van der Waals surface area (Å²) < 4.78 is 10.8. The lowest BCUT2D eigenvalue weighted by Gasteiger charge is -2.09. The molecule has 0 spiro atoms. The summed E-state index contributed by atoms with van der Waals surface area (Å²) >= 11 is 0. The summed E-state index contributed by atoms with van der Waals surface area (Å²) in [5.41, 5.74) is 2.88. The van der Waals surface area contributed by atoms with Gasteiger partial charge in [0.1, 0.15) is 5.82 Å². The minimum absolute atomic E-state index is 0.126. The van der Waals surface area contributed by atoms with Crippen molar-refractivity contribution < 1.29 is 14.3 Å². The van der Waals surface area contributed by atoms with Crippen molar-refractivity contribution in [2.24, 2.45) is 0 Å². The van der Waals surface area contributed by atoms with Crippen LogP contribution in [0.2, 0.25) is 0 Å². The van der Waals surface area contributed by atoms with Gasteiger partial charge in [-0.05, 0) is 49.2 Å². The first kappa shape index (κ1) is 19.5. The number of aromatic amines is 1. The molecule has 6 heteroatoms. The number of benzene rings is 2. The molecule has 3 rings (SSSR count). The Morgan fingerprint density at radius 2 is 2.07 bits per heavy atom. The zero-order valence-corrected chi connectivity index (χ0v) is 16.2. The molecule has 0 aliphatic heterocycles. The summed E-state index contributed by atoms with van der Waals surface area (Å²) in [6.07, 6.45) is 4.89. The third-order valence-electron chi connectivity index (χ3n) is 4.24. The number of hydrogen-bond acceptors (Lipinski definition) is 4. The van der Waals surface area contributed by atoms with Gasteiger partial charge >= 0.3 is 0 Å². The van der Waals surface area contributed by atoms with Crippen molar-refractivity contribution in [2.75, 3.05) is 20.3 Å². The molecular formula is C22H25N3O3. The molecule has 0 radical (unpaired) electrons. The van der Waals surface area contributed by atoms with Crippen molar-refractivity contribution in [2.45, 2.75) is 19.8 Å². The fourth-order valence-electron chi connectivity index (χ4n) is 2.89. The summed E-state index contributed by atoms with van der Waals surface area (Å²) in [6, 6.07) is 13.5. The van der Waals surface area contributed by atoms with Crippen molar-refractivity contribution in [3.8, 4) is 11.5 Å². The molecule has 146 valence electrons. The first-order valence-corrected chi connectivity index (χ1v) is 9.40. The van der Waals surface area contributed by atoms with E-state index in [4.69, 9.17) is 9.47 Å².